The predicted molar refractivity (Wildman–Crippen MR) is 62.6 cm³/mol. The van der Waals surface area contributed by atoms with Crippen molar-refractivity contribution in [2.24, 2.45) is 0 Å². The van der Waals surface area contributed by atoms with Crippen LogP contribution in [0.25, 0.3) is 5.57 Å². The second kappa shape index (κ2) is 5.21. The number of allylic oxidation sites excluding steroid dienone is 1. The van der Waals surface area contributed by atoms with Crippen molar-refractivity contribution in [3.63, 3.8) is 0 Å². The minimum atomic E-state index is 0.619. The zero-order chi connectivity index (χ0) is 11.2. The van der Waals surface area contributed by atoms with Gasteiger partial charge in [0.25, 0.3) is 0 Å². The molecular formula is C12H14N4. The van der Waals surface area contributed by atoms with E-state index < -0.39 is 0 Å². The minimum absolute atomic E-state index is 0.619. The third-order valence-corrected chi connectivity index (χ3v) is 2.45. The van der Waals surface area contributed by atoms with Gasteiger partial charge in [0.1, 0.15) is 0 Å². The van der Waals surface area contributed by atoms with E-state index in [4.69, 9.17) is 0 Å². The molecule has 4 nitrogen and oxygen atoms in total. The van der Waals surface area contributed by atoms with Crippen molar-refractivity contribution < 1.29 is 0 Å². The fourth-order valence-electron chi connectivity index (χ4n) is 1.57. The van der Waals surface area contributed by atoms with E-state index in [1.807, 2.05) is 6.07 Å². The lowest BCUT2D eigenvalue weighted by Crippen LogP contribution is -1.90. The average Bonchev–Trinajstić information content (AvgIpc) is 2.84. The summed E-state index contributed by atoms with van der Waals surface area (Å²) in [6, 6.07) is 10.4. The summed E-state index contributed by atoms with van der Waals surface area (Å²) in [4.78, 5) is 0. The molecule has 1 aromatic carbocycles. The lowest BCUT2D eigenvalue weighted by Gasteiger charge is -2.01. The molecule has 0 saturated carbocycles. The van der Waals surface area contributed by atoms with Crippen molar-refractivity contribution in [1.29, 1.82) is 0 Å². The number of aryl methyl sites for hydroxylation is 1. The van der Waals surface area contributed by atoms with Crippen LogP contribution in [0.3, 0.4) is 0 Å². The van der Waals surface area contributed by atoms with Gasteiger partial charge in [-0.3, -0.25) is 0 Å². The van der Waals surface area contributed by atoms with Gasteiger partial charge < -0.3 is 0 Å². The number of H-pyrrole nitrogens is 1. The van der Waals surface area contributed by atoms with Gasteiger partial charge in [0.05, 0.1) is 0 Å². The lowest BCUT2D eigenvalue weighted by molar-refractivity contribution is 0.847. The van der Waals surface area contributed by atoms with Crippen LogP contribution in [-0.2, 0) is 6.42 Å². The number of hydrogen-bond acceptors (Lipinski definition) is 3. The first-order valence-corrected chi connectivity index (χ1v) is 5.32. The monoisotopic (exact) mass is 214 g/mol. The molecule has 1 N–H and O–H groups in total. The molecule has 1 aromatic heterocycles. The van der Waals surface area contributed by atoms with Crippen molar-refractivity contribution in [1.82, 2.24) is 20.6 Å². The normalized spacial score (nSPS) is 10.2. The highest BCUT2D eigenvalue weighted by Crippen LogP contribution is 2.14. The number of hydrogen-bond donors (Lipinski definition) is 1. The van der Waals surface area contributed by atoms with Crippen LogP contribution >= 0.6 is 0 Å². The Morgan fingerprint density at radius 1 is 1.25 bits per heavy atom. The van der Waals surface area contributed by atoms with Gasteiger partial charge in [0.2, 0.25) is 0 Å². The molecule has 0 unspecified atom stereocenters. The summed E-state index contributed by atoms with van der Waals surface area (Å²) >= 11 is 0. The molecule has 4 heteroatoms. The maximum Gasteiger partial charge on any atom is 0.200 e. The van der Waals surface area contributed by atoms with E-state index in [1.165, 1.54) is 5.56 Å². The Hall–Kier alpha value is -1.97. The number of aromatic amines is 1. The van der Waals surface area contributed by atoms with Crippen LogP contribution < -0.4 is 0 Å². The fourth-order valence-corrected chi connectivity index (χ4v) is 1.57. The van der Waals surface area contributed by atoms with Crippen LogP contribution in [0.4, 0.5) is 0 Å². The first kappa shape index (κ1) is 10.5. The van der Waals surface area contributed by atoms with Gasteiger partial charge >= 0.3 is 0 Å². The Morgan fingerprint density at radius 3 is 2.75 bits per heavy atom. The summed E-state index contributed by atoms with van der Waals surface area (Å²) in [5, 5.41) is 13.7. The average molecular weight is 214 g/mol. The predicted octanol–water partition coefficient (Wildman–Crippen LogP) is 2.24. The summed E-state index contributed by atoms with van der Waals surface area (Å²) in [6.07, 6.45) is 3.00. The third kappa shape index (κ3) is 2.76. The number of rotatable bonds is 5. The molecule has 0 atom stereocenters. The SMILES string of the molecule is C=C(CCCc1ccccc1)c1nn[nH]n1. The Labute approximate surface area is 94.4 Å². The van der Waals surface area contributed by atoms with Crippen molar-refractivity contribution in [2.45, 2.75) is 19.3 Å². The number of tetrazole rings is 1. The molecule has 0 radical (unpaired) electrons. The number of aromatic nitrogens is 4. The quantitative estimate of drug-likeness (QED) is 0.830. The molecule has 0 bridgehead atoms. The topological polar surface area (TPSA) is 54.5 Å². The van der Waals surface area contributed by atoms with Crippen LogP contribution in [0.1, 0.15) is 24.2 Å². The molecule has 16 heavy (non-hydrogen) atoms. The summed E-state index contributed by atoms with van der Waals surface area (Å²) in [6.45, 7) is 3.94. The molecule has 0 aliphatic carbocycles. The number of benzene rings is 1. The molecule has 0 amide bonds. The standard InChI is InChI=1S/C12H14N4/c1-10(12-13-15-16-14-12)6-5-9-11-7-3-2-4-8-11/h2-4,7-8H,1,5-6,9H2,(H,13,14,15,16). The zero-order valence-corrected chi connectivity index (χ0v) is 9.06. The number of nitrogens with one attached hydrogen (secondary N) is 1. The zero-order valence-electron chi connectivity index (χ0n) is 9.06. The highest BCUT2D eigenvalue weighted by atomic mass is 15.5. The van der Waals surface area contributed by atoms with Gasteiger partial charge in [-0.15, -0.1) is 10.2 Å². The van der Waals surface area contributed by atoms with Crippen molar-refractivity contribution in [2.75, 3.05) is 0 Å². The summed E-state index contributed by atoms with van der Waals surface area (Å²) in [5.74, 6) is 0.619. The molecule has 82 valence electrons. The van der Waals surface area contributed by atoms with E-state index in [1.54, 1.807) is 0 Å². The van der Waals surface area contributed by atoms with Crippen LogP contribution in [0.2, 0.25) is 0 Å². The van der Waals surface area contributed by atoms with E-state index >= 15 is 0 Å². The van der Waals surface area contributed by atoms with Crippen molar-refractivity contribution >= 4 is 5.57 Å². The van der Waals surface area contributed by atoms with E-state index in [0.29, 0.717) is 5.82 Å². The Balaban J connectivity index is 1.79. The second-order valence-corrected chi connectivity index (χ2v) is 3.68. The maximum atomic E-state index is 3.94. The molecular weight excluding hydrogens is 200 g/mol. The van der Waals surface area contributed by atoms with Crippen LogP contribution in [-0.4, -0.2) is 20.6 Å². The highest BCUT2D eigenvalue weighted by Gasteiger charge is 2.03. The van der Waals surface area contributed by atoms with Gasteiger partial charge in [-0.05, 0) is 35.6 Å². The molecule has 0 saturated heterocycles. The van der Waals surface area contributed by atoms with E-state index in [-0.39, 0.29) is 0 Å². The van der Waals surface area contributed by atoms with Gasteiger partial charge in [0, 0.05) is 0 Å². The van der Waals surface area contributed by atoms with Crippen LogP contribution in [0.15, 0.2) is 36.9 Å². The summed E-state index contributed by atoms with van der Waals surface area (Å²) in [5.41, 5.74) is 2.29. The van der Waals surface area contributed by atoms with Crippen LogP contribution in [0.5, 0.6) is 0 Å². The van der Waals surface area contributed by atoms with Crippen molar-refractivity contribution in [3.05, 3.63) is 48.3 Å². The minimum Gasteiger partial charge on any atom is -0.177 e. The molecule has 0 aliphatic heterocycles. The third-order valence-electron chi connectivity index (χ3n) is 2.45. The molecule has 2 rings (SSSR count). The van der Waals surface area contributed by atoms with E-state index in [9.17, 15) is 0 Å². The Bertz CT molecular complexity index is 433. The van der Waals surface area contributed by atoms with Crippen molar-refractivity contribution in [3.8, 4) is 0 Å². The Kier molecular flexibility index (Phi) is 3.43. The van der Waals surface area contributed by atoms with Crippen LogP contribution in [0, 0.1) is 0 Å². The van der Waals surface area contributed by atoms with Gasteiger partial charge in [0.15, 0.2) is 5.82 Å². The van der Waals surface area contributed by atoms with E-state index in [2.05, 4.69) is 51.5 Å². The smallest absolute Gasteiger partial charge is 0.177 e. The molecule has 0 fully saturated rings. The second-order valence-electron chi connectivity index (χ2n) is 3.68. The van der Waals surface area contributed by atoms with Gasteiger partial charge in [-0.2, -0.15) is 5.21 Å². The fraction of sp³-hybridized carbons (Fsp3) is 0.250. The molecule has 0 spiro atoms. The first-order valence-electron chi connectivity index (χ1n) is 5.32. The largest absolute Gasteiger partial charge is 0.200 e. The maximum absolute atomic E-state index is 3.94. The molecule has 0 aliphatic rings. The summed E-state index contributed by atoms with van der Waals surface area (Å²) in [7, 11) is 0. The Morgan fingerprint density at radius 2 is 2.06 bits per heavy atom. The first-order chi connectivity index (χ1) is 7.86. The summed E-state index contributed by atoms with van der Waals surface area (Å²) < 4.78 is 0. The van der Waals surface area contributed by atoms with E-state index in [0.717, 1.165) is 24.8 Å². The lowest BCUT2D eigenvalue weighted by atomic mass is 10.1. The highest BCUT2D eigenvalue weighted by molar-refractivity contribution is 5.55. The van der Waals surface area contributed by atoms with Gasteiger partial charge in [-0.25, -0.2) is 0 Å². The van der Waals surface area contributed by atoms with Gasteiger partial charge in [-0.1, -0.05) is 36.9 Å². The number of nitrogens with zero attached hydrogens (tertiary/aromatic N) is 3. The molecule has 2 aromatic rings. The molecule has 1 heterocycles.